The number of allylic oxidation sites excluding steroid dienone is 4. The van der Waals surface area contributed by atoms with Crippen LogP contribution < -0.4 is 37.7 Å². The summed E-state index contributed by atoms with van der Waals surface area (Å²) in [6.45, 7) is 10.0. The molecule has 26 heteroatoms. The summed E-state index contributed by atoms with van der Waals surface area (Å²) >= 11 is 0. The monoisotopic (exact) mass is 1090 g/mol. The van der Waals surface area contributed by atoms with Crippen molar-refractivity contribution in [1.29, 1.82) is 0 Å². The molecule has 2 bridgehead atoms. The minimum Gasteiger partial charge on any atom is -0.481 e. The van der Waals surface area contributed by atoms with E-state index in [1.54, 1.807) is 26.8 Å². The van der Waals surface area contributed by atoms with Crippen LogP contribution in [0.2, 0.25) is 0 Å². The molecule has 0 saturated heterocycles. The van der Waals surface area contributed by atoms with E-state index < -0.39 is 120 Å². The standard InChI is InChI=1S/C51H76N8O18/c1-28-22-34-44(38(61)25-35(46(34)67)56-48(68)29(2)12-10-13-39(73-8)47(77-51(52)71)31(4)24-30(3)45(66)40(23-28)74-9)53-17-19-76-43(65)15-14-32(5)58-59-41(62)26-36(55-33(6)60)50(70)57-37(27-42(63)64)49(69)54-16-11-18-75-21-20-72-7/h10,12-13,24-25,28,30,36-37,39-40,45,47,53,66H,11,14-23,26-27H2,1-9H3,(H2,52,71)(H,54,69)(H,55,60)(H,56,68)(H,57,70)(H,59,62)(H,63,64)/b13-10-,29-12+,31-24+,58-32+. The van der Waals surface area contributed by atoms with E-state index in [0.29, 0.717) is 25.2 Å². The number of primary amides is 1. The zero-order valence-corrected chi connectivity index (χ0v) is 45.1. The molecule has 0 aromatic heterocycles. The molecule has 10 N–H and O–H groups in total. The Morgan fingerprint density at radius 1 is 0.896 bits per heavy atom. The SMILES string of the molecule is COCCOCCCNC(=O)C(CC(=O)O)NC(=O)C(CC(=O)N/N=C(\C)CCC(=O)OCCNC1=C2CC(C)CC(OC)C(O)C(C)/C=C(\C)C(OC(N)=O)C(OC)/C=C\C=C(/C)C(=O)NC(=CC1=O)C2=O)NC(C)=O. The molecule has 26 nitrogen and oxygen atoms in total. The minimum absolute atomic E-state index is 0.00156. The van der Waals surface area contributed by atoms with E-state index in [4.69, 9.17) is 34.2 Å². The first-order valence-corrected chi connectivity index (χ1v) is 24.9. The van der Waals surface area contributed by atoms with Gasteiger partial charge >= 0.3 is 18.0 Å². The molecule has 8 atom stereocenters. The first-order valence-electron chi connectivity index (χ1n) is 24.9. The summed E-state index contributed by atoms with van der Waals surface area (Å²) < 4.78 is 32.2. The van der Waals surface area contributed by atoms with Crippen molar-refractivity contribution in [3.63, 3.8) is 0 Å². The highest BCUT2D eigenvalue weighted by atomic mass is 16.6. The quantitative estimate of drug-likeness (QED) is 0.0139. The molecule has 1 heterocycles. The van der Waals surface area contributed by atoms with Gasteiger partial charge in [-0.25, -0.2) is 10.2 Å². The van der Waals surface area contributed by atoms with Gasteiger partial charge in [-0.05, 0) is 57.9 Å². The third kappa shape index (κ3) is 24.2. The molecule has 0 aromatic rings. The van der Waals surface area contributed by atoms with Crippen LogP contribution in [-0.2, 0) is 71.6 Å². The molecular formula is C51H76N8O18. The van der Waals surface area contributed by atoms with E-state index in [-0.39, 0.29) is 80.2 Å². The van der Waals surface area contributed by atoms with Gasteiger partial charge in [-0.3, -0.25) is 43.2 Å². The van der Waals surface area contributed by atoms with Crippen LogP contribution in [0.5, 0.6) is 0 Å². The second-order valence-electron chi connectivity index (χ2n) is 18.3. The second kappa shape index (κ2) is 34.5. The zero-order chi connectivity index (χ0) is 57.8. The lowest BCUT2D eigenvalue weighted by Gasteiger charge is -2.30. The number of fused-ring (bicyclic) bond motifs is 2. The molecule has 0 aromatic carbocycles. The number of carboxylic acids is 1. The summed E-state index contributed by atoms with van der Waals surface area (Å²) in [4.78, 5) is 128. The number of amides is 6. The van der Waals surface area contributed by atoms with E-state index in [0.717, 1.165) is 13.0 Å². The highest BCUT2D eigenvalue weighted by molar-refractivity contribution is 6.23. The number of aliphatic hydroxyl groups is 1. The lowest BCUT2D eigenvalue weighted by atomic mass is 9.85. The summed E-state index contributed by atoms with van der Waals surface area (Å²) in [5.74, 6) is -8.38. The number of Topliss-reactive ketones (excluding diaryl/α,β-unsaturated/α-hetero) is 1. The fourth-order valence-electron chi connectivity index (χ4n) is 7.78. The van der Waals surface area contributed by atoms with Crippen molar-refractivity contribution < 1.29 is 86.6 Å². The van der Waals surface area contributed by atoms with Gasteiger partial charge in [0.2, 0.25) is 35.2 Å². The fraction of sp³-hybridized carbons (Fsp3) is 0.588. The molecule has 77 heavy (non-hydrogen) atoms. The molecule has 0 spiro atoms. The number of nitrogens with two attached hydrogens (primary N) is 1. The Labute approximate surface area is 447 Å². The number of nitrogens with zero attached hydrogens (tertiary/aromatic N) is 1. The molecule has 0 saturated carbocycles. The van der Waals surface area contributed by atoms with Crippen molar-refractivity contribution in [2.75, 3.05) is 60.8 Å². The third-order valence-electron chi connectivity index (χ3n) is 11.8. The van der Waals surface area contributed by atoms with Crippen molar-refractivity contribution in [2.24, 2.45) is 22.7 Å². The molecule has 0 fully saturated rings. The maximum absolute atomic E-state index is 14.1. The molecule has 1 aliphatic carbocycles. The van der Waals surface area contributed by atoms with Crippen LogP contribution in [0.3, 0.4) is 0 Å². The van der Waals surface area contributed by atoms with Crippen LogP contribution in [0.1, 0.15) is 86.5 Å². The van der Waals surface area contributed by atoms with E-state index in [9.17, 15) is 58.2 Å². The summed E-state index contributed by atoms with van der Waals surface area (Å²) in [7, 11) is 4.33. The number of carboxylic acid groups (broad SMARTS) is 1. The number of hydrogen-bond donors (Lipinski definition) is 9. The minimum atomic E-state index is -1.54. The number of aliphatic carboxylic acids is 1. The number of esters is 1. The van der Waals surface area contributed by atoms with Crippen LogP contribution in [0.15, 0.2) is 63.6 Å². The second-order valence-corrected chi connectivity index (χ2v) is 18.3. The topological polar surface area (TPSA) is 377 Å². The Morgan fingerprint density at radius 2 is 1.60 bits per heavy atom. The maximum atomic E-state index is 14.1. The van der Waals surface area contributed by atoms with E-state index >= 15 is 0 Å². The number of methoxy groups -OCH3 is 3. The van der Waals surface area contributed by atoms with Crippen molar-refractivity contribution in [1.82, 2.24) is 32.0 Å². The Bertz CT molecular complexity index is 2310. The van der Waals surface area contributed by atoms with Crippen LogP contribution >= 0.6 is 0 Å². The first-order chi connectivity index (χ1) is 36.4. The smallest absolute Gasteiger partial charge is 0.405 e. The van der Waals surface area contributed by atoms with Gasteiger partial charge in [0.05, 0.1) is 56.1 Å². The number of ether oxygens (including phenoxy) is 6. The Balaban J connectivity index is 2.14. The van der Waals surface area contributed by atoms with Gasteiger partial charge in [0.25, 0.3) is 5.91 Å². The summed E-state index contributed by atoms with van der Waals surface area (Å²) in [5.41, 5.74) is 8.20. The van der Waals surface area contributed by atoms with Crippen molar-refractivity contribution in [2.45, 2.75) is 123 Å². The number of ketones is 2. The van der Waals surface area contributed by atoms with E-state index in [1.165, 1.54) is 53.4 Å². The molecule has 8 unspecified atom stereocenters. The summed E-state index contributed by atoms with van der Waals surface area (Å²) in [6, 6.07) is -3.07. The Morgan fingerprint density at radius 3 is 2.23 bits per heavy atom. The molecule has 2 rings (SSSR count). The van der Waals surface area contributed by atoms with Crippen molar-refractivity contribution in [3.8, 4) is 0 Å². The van der Waals surface area contributed by atoms with Crippen LogP contribution in [0.25, 0.3) is 0 Å². The molecule has 1 aliphatic heterocycles. The normalized spacial score (nSPS) is 23.3. The summed E-state index contributed by atoms with van der Waals surface area (Å²) in [5, 5.41) is 37.3. The number of hydrogen-bond acceptors (Lipinski definition) is 19. The Hall–Kier alpha value is -7.13. The van der Waals surface area contributed by atoms with Gasteiger partial charge in [0.15, 0.2) is 6.10 Å². The maximum Gasteiger partial charge on any atom is 0.405 e. The summed E-state index contributed by atoms with van der Waals surface area (Å²) in [6.07, 6.45) is 1.26. The molecule has 6 amide bonds. The van der Waals surface area contributed by atoms with E-state index in [1.807, 2.05) is 0 Å². The lowest BCUT2D eigenvalue weighted by Crippen LogP contribution is -2.55. The fourth-order valence-corrected chi connectivity index (χ4v) is 7.78. The van der Waals surface area contributed by atoms with Crippen molar-refractivity contribution >= 4 is 64.8 Å². The van der Waals surface area contributed by atoms with Crippen molar-refractivity contribution in [3.05, 3.63) is 58.5 Å². The van der Waals surface area contributed by atoms with Gasteiger partial charge < -0.3 is 71.0 Å². The van der Waals surface area contributed by atoms with Gasteiger partial charge in [-0.2, -0.15) is 5.10 Å². The number of aliphatic hydroxyl groups excluding tert-OH is 1. The molecular weight excluding hydrogens is 1010 g/mol. The molecule has 2 aliphatic rings. The molecule has 0 radical (unpaired) electrons. The van der Waals surface area contributed by atoms with Crippen LogP contribution in [0, 0.1) is 11.8 Å². The van der Waals surface area contributed by atoms with E-state index in [2.05, 4.69) is 37.1 Å². The highest BCUT2D eigenvalue weighted by Crippen LogP contribution is 2.29. The number of nitrogens with one attached hydrogen (secondary N) is 6. The van der Waals surface area contributed by atoms with Gasteiger partial charge in [-0.1, -0.05) is 38.2 Å². The molecule has 428 valence electrons. The zero-order valence-electron chi connectivity index (χ0n) is 45.1. The largest absolute Gasteiger partial charge is 0.481 e. The predicted octanol–water partition coefficient (Wildman–Crippen LogP) is 0.191. The van der Waals surface area contributed by atoms with Gasteiger partial charge in [-0.15, -0.1) is 0 Å². The lowest BCUT2D eigenvalue weighted by molar-refractivity contribution is -0.143. The van der Waals surface area contributed by atoms with Crippen LogP contribution in [-0.4, -0.2) is 172 Å². The average Bonchev–Trinajstić information content (AvgIpc) is 3.36. The number of rotatable bonds is 26. The van der Waals surface area contributed by atoms with Gasteiger partial charge in [0.1, 0.15) is 24.8 Å². The van der Waals surface area contributed by atoms with Crippen LogP contribution in [0.4, 0.5) is 4.79 Å². The highest BCUT2D eigenvalue weighted by Gasteiger charge is 2.34. The number of carbonyl (C=O) groups is 10. The first kappa shape index (κ1) is 66.0. The number of hydrazone groups is 1. The predicted molar refractivity (Wildman–Crippen MR) is 276 cm³/mol. The Kier molecular flexibility index (Phi) is 29.6. The third-order valence-corrected chi connectivity index (χ3v) is 11.8. The average molecular weight is 1090 g/mol. The van der Waals surface area contributed by atoms with Gasteiger partial charge in [0, 0.05) is 76.8 Å². The number of carbonyl (C=O) groups excluding carboxylic acids is 9.